The maximum Gasteiger partial charge on any atom is 0.0404 e. The van der Waals surface area contributed by atoms with Crippen LogP contribution in [0.5, 0.6) is 0 Å². The molecule has 1 aliphatic rings. The van der Waals surface area contributed by atoms with Gasteiger partial charge in [0.1, 0.15) is 0 Å². The molecule has 0 saturated heterocycles. The lowest BCUT2D eigenvalue weighted by Crippen LogP contribution is -2.16. The molecule has 1 aliphatic carbocycles. The van der Waals surface area contributed by atoms with E-state index in [2.05, 4.69) is 23.9 Å². The molecule has 0 aromatic rings. The first-order valence-corrected chi connectivity index (χ1v) is 4.30. The Labute approximate surface area is 67.4 Å². The highest BCUT2D eigenvalue weighted by molar-refractivity contribution is 4.84. The summed E-state index contributed by atoms with van der Waals surface area (Å²) in [7, 11) is 0. The van der Waals surface area contributed by atoms with Crippen LogP contribution >= 0.6 is 0 Å². The number of rotatable bonds is 2. The van der Waals surface area contributed by atoms with Crippen LogP contribution in [-0.2, 0) is 0 Å². The summed E-state index contributed by atoms with van der Waals surface area (Å²) in [6.45, 7) is 4.41. The van der Waals surface area contributed by atoms with Crippen molar-refractivity contribution < 1.29 is 0 Å². The van der Waals surface area contributed by atoms with Crippen molar-refractivity contribution in [3.8, 4) is 0 Å². The third-order valence-corrected chi connectivity index (χ3v) is 2.59. The predicted molar refractivity (Wildman–Crippen MR) is 45.1 cm³/mol. The van der Waals surface area contributed by atoms with Crippen molar-refractivity contribution in [1.29, 1.82) is 0 Å². The van der Waals surface area contributed by atoms with Crippen LogP contribution in [0.2, 0.25) is 0 Å². The summed E-state index contributed by atoms with van der Waals surface area (Å²) >= 11 is 0. The van der Waals surface area contributed by atoms with Gasteiger partial charge in [-0.15, -0.1) is 0 Å². The molecule has 0 radical (unpaired) electrons. The molecule has 1 saturated carbocycles. The fourth-order valence-electron chi connectivity index (χ4n) is 1.96. The Bertz CT molecular complexity index is 170. The van der Waals surface area contributed by atoms with Gasteiger partial charge in [0.15, 0.2) is 0 Å². The van der Waals surface area contributed by atoms with Crippen molar-refractivity contribution in [2.45, 2.75) is 39.2 Å². The Hall–Kier alpha value is -0.690. The summed E-state index contributed by atoms with van der Waals surface area (Å²) in [5.74, 6) is 1.29. The fourth-order valence-corrected chi connectivity index (χ4v) is 1.96. The minimum Gasteiger partial charge on any atom is -0.0903 e. The number of hydrogen-bond acceptors (Lipinski definition) is 1. The summed E-state index contributed by atoms with van der Waals surface area (Å²) in [4.78, 5) is 2.88. The van der Waals surface area contributed by atoms with E-state index in [0.29, 0.717) is 11.8 Å². The summed E-state index contributed by atoms with van der Waals surface area (Å²) < 4.78 is 0. The van der Waals surface area contributed by atoms with Gasteiger partial charge in [-0.05, 0) is 30.2 Å². The molecule has 0 N–H and O–H groups in total. The zero-order valence-corrected chi connectivity index (χ0v) is 7.20. The van der Waals surface area contributed by atoms with Crippen molar-refractivity contribution in [2.24, 2.45) is 17.0 Å². The standard InChI is InChI=1S/C8H15N3/c1-6(2)7-4-3-5-8(7)10-11-9/h6-8H,3-5H2,1-2H3. The summed E-state index contributed by atoms with van der Waals surface area (Å²) in [5.41, 5.74) is 8.28. The van der Waals surface area contributed by atoms with Crippen LogP contribution in [0, 0.1) is 11.8 Å². The number of hydrogen-bond donors (Lipinski definition) is 0. The second-order valence-corrected chi connectivity index (χ2v) is 3.61. The topological polar surface area (TPSA) is 48.8 Å². The van der Waals surface area contributed by atoms with Gasteiger partial charge in [-0.25, -0.2) is 0 Å². The molecule has 2 unspecified atom stereocenters. The largest absolute Gasteiger partial charge is 0.0903 e. The van der Waals surface area contributed by atoms with E-state index in [0.717, 1.165) is 6.42 Å². The van der Waals surface area contributed by atoms with E-state index >= 15 is 0 Å². The molecule has 0 aromatic carbocycles. The second kappa shape index (κ2) is 3.63. The molecular weight excluding hydrogens is 138 g/mol. The molecule has 0 amide bonds. The van der Waals surface area contributed by atoms with Gasteiger partial charge < -0.3 is 0 Å². The van der Waals surface area contributed by atoms with Gasteiger partial charge >= 0.3 is 0 Å². The summed E-state index contributed by atoms with van der Waals surface area (Å²) in [6, 6.07) is 0.278. The van der Waals surface area contributed by atoms with Crippen LogP contribution < -0.4 is 0 Å². The van der Waals surface area contributed by atoms with Gasteiger partial charge in [-0.2, -0.15) is 0 Å². The molecule has 3 heteroatoms. The average molecular weight is 153 g/mol. The third-order valence-electron chi connectivity index (χ3n) is 2.59. The first kappa shape index (κ1) is 8.41. The molecular formula is C8H15N3. The van der Waals surface area contributed by atoms with E-state index in [1.807, 2.05) is 0 Å². The molecule has 0 spiro atoms. The van der Waals surface area contributed by atoms with Crippen LogP contribution in [0.4, 0.5) is 0 Å². The Balaban J connectivity index is 2.57. The first-order valence-electron chi connectivity index (χ1n) is 4.30. The van der Waals surface area contributed by atoms with Gasteiger partial charge in [0.25, 0.3) is 0 Å². The lowest BCUT2D eigenvalue weighted by atomic mass is 9.91. The third kappa shape index (κ3) is 1.87. The van der Waals surface area contributed by atoms with Gasteiger partial charge in [-0.1, -0.05) is 25.4 Å². The number of azide groups is 1. The SMILES string of the molecule is CC(C)C1CCCC1N=[N+]=[N-]. The fraction of sp³-hybridized carbons (Fsp3) is 1.00. The predicted octanol–water partition coefficient (Wildman–Crippen LogP) is 3.12. The molecule has 1 rings (SSSR count). The molecule has 3 nitrogen and oxygen atoms in total. The normalized spacial score (nSPS) is 30.5. The molecule has 0 heterocycles. The summed E-state index contributed by atoms with van der Waals surface area (Å²) in [6.07, 6.45) is 3.56. The van der Waals surface area contributed by atoms with Crippen LogP contribution in [-0.4, -0.2) is 6.04 Å². The van der Waals surface area contributed by atoms with Gasteiger partial charge in [0.2, 0.25) is 0 Å². The van der Waals surface area contributed by atoms with E-state index in [4.69, 9.17) is 5.53 Å². The molecule has 62 valence electrons. The van der Waals surface area contributed by atoms with Crippen molar-refractivity contribution in [2.75, 3.05) is 0 Å². The Morgan fingerprint density at radius 2 is 2.18 bits per heavy atom. The second-order valence-electron chi connectivity index (χ2n) is 3.61. The number of nitrogens with zero attached hydrogens (tertiary/aromatic N) is 3. The molecule has 0 aliphatic heterocycles. The zero-order valence-electron chi connectivity index (χ0n) is 7.20. The summed E-state index contributed by atoms with van der Waals surface area (Å²) in [5, 5.41) is 3.81. The zero-order chi connectivity index (χ0) is 8.27. The van der Waals surface area contributed by atoms with Crippen molar-refractivity contribution in [1.82, 2.24) is 0 Å². The van der Waals surface area contributed by atoms with Gasteiger partial charge in [-0.3, -0.25) is 0 Å². The maximum atomic E-state index is 8.28. The highest BCUT2D eigenvalue weighted by Gasteiger charge is 2.28. The molecule has 11 heavy (non-hydrogen) atoms. The average Bonchev–Trinajstić information content (AvgIpc) is 2.36. The van der Waals surface area contributed by atoms with E-state index in [1.54, 1.807) is 0 Å². The van der Waals surface area contributed by atoms with Crippen LogP contribution in [0.15, 0.2) is 5.11 Å². The monoisotopic (exact) mass is 153 g/mol. The van der Waals surface area contributed by atoms with E-state index in [-0.39, 0.29) is 6.04 Å². The Morgan fingerprint density at radius 3 is 2.73 bits per heavy atom. The van der Waals surface area contributed by atoms with E-state index in [1.165, 1.54) is 12.8 Å². The van der Waals surface area contributed by atoms with Crippen molar-refractivity contribution >= 4 is 0 Å². The Morgan fingerprint density at radius 1 is 1.45 bits per heavy atom. The lowest BCUT2D eigenvalue weighted by Gasteiger charge is -2.18. The first-order chi connectivity index (χ1) is 5.25. The lowest BCUT2D eigenvalue weighted by molar-refractivity contribution is 0.357. The van der Waals surface area contributed by atoms with Crippen molar-refractivity contribution in [3.63, 3.8) is 0 Å². The highest BCUT2D eigenvalue weighted by Crippen LogP contribution is 2.33. The van der Waals surface area contributed by atoms with Gasteiger partial charge in [0.05, 0.1) is 0 Å². The molecule has 2 atom stereocenters. The van der Waals surface area contributed by atoms with Gasteiger partial charge in [0, 0.05) is 11.0 Å². The maximum absolute atomic E-state index is 8.28. The smallest absolute Gasteiger partial charge is 0.0404 e. The molecule has 0 aromatic heterocycles. The van der Waals surface area contributed by atoms with Crippen LogP contribution in [0.25, 0.3) is 10.4 Å². The molecule has 0 bridgehead atoms. The molecule has 1 fully saturated rings. The minimum absolute atomic E-state index is 0.278. The highest BCUT2D eigenvalue weighted by atomic mass is 15.2. The minimum atomic E-state index is 0.278. The Kier molecular flexibility index (Phi) is 2.77. The van der Waals surface area contributed by atoms with Crippen LogP contribution in [0.1, 0.15) is 33.1 Å². The van der Waals surface area contributed by atoms with E-state index in [9.17, 15) is 0 Å². The van der Waals surface area contributed by atoms with E-state index < -0.39 is 0 Å². The quantitative estimate of drug-likeness (QED) is 0.332. The van der Waals surface area contributed by atoms with Crippen molar-refractivity contribution in [3.05, 3.63) is 10.4 Å². The van der Waals surface area contributed by atoms with Crippen LogP contribution in [0.3, 0.4) is 0 Å².